The summed E-state index contributed by atoms with van der Waals surface area (Å²) < 4.78 is 5.66. The monoisotopic (exact) mass is 318 g/mol. The maximum Gasteiger partial charge on any atom is 0.410 e. The van der Waals surface area contributed by atoms with Crippen LogP contribution in [0.2, 0.25) is 0 Å². The third-order valence-electron chi connectivity index (χ3n) is 4.33. The lowest BCUT2D eigenvalue weighted by Crippen LogP contribution is -2.56. The summed E-state index contributed by atoms with van der Waals surface area (Å²) in [6.45, 7) is 7.84. The van der Waals surface area contributed by atoms with E-state index in [1.807, 2.05) is 43.9 Å². The predicted octanol–water partition coefficient (Wildman–Crippen LogP) is 3.73. The number of benzene rings is 1. The van der Waals surface area contributed by atoms with Crippen molar-refractivity contribution >= 4 is 6.09 Å². The second-order valence-electron chi connectivity index (χ2n) is 7.52. The van der Waals surface area contributed by atoms with Crippen LogP contribution < -0.4 is 5.73 Å². The van der Waals surface area contributed by atoms with Crippen molar-refractivity contribution in [1.82, 2.24) is 4.90 Å². The molecule has 1 fully saturated rings. The van der Waals surface area contributed by atoms with Gasteiger partial charge in [0.1, 0.15) is 5.60 Å². The molecule has 1 aliphatic rings. The maximum absolute atomic E-state index is 12.8. The molecule has 3 unspecified atom stereocenters. The van der Waals surface area contributed by atoms with Crippen LogP contribution in [0.3, 0.4) is 0 Å². The average molecular weight is 318 g/mol. The topological polar surface area (TPSA) is 55.6 Å². The second kappa shape index (κ2) is 7.35. The molecule has 23 heavy (non-hydrogen) atoms. The van der Waals surface area contributed by atoms with E-state index in [0.717, 1.165) is 25.7 Å². The number of likely N-dealkylation sites (tertiary alicyclic amines) is 1. The van der Waals surface area contributed by atoms with Gasteiger partial charge in [0.2, 0.25) is 0 Å². The number of rotatable bonds is 3. The van der Waals surface area contributed by atoms with E-state index in [9.17, 15) is 4.79 Å². The Labute approximate surface area is 140 Å². The second-order valence-corrected chi connectivity index (χ2v) is 7.52. The minimum Gasteiger partial charge on any atom is -0.444 e. The normalized spacial score (nSPS) is 25.3. The molecule has 1 amide bonds. The van der Waals surface area contributed by atoms with Gasteiger partial charge < -0.3 is 15.4 Å². The molecule has 4 nitrogen and oxygen atoms in total. The minimum absolute atomic E-state index is 0.0981. The van der Waals surface area contributed by atoms with Crippen LogP contribution >= 0.6 is 0 Å². The summed E-state index contributed by atoms with van der Waals surface area (Å²) in [6, 6.07) is 10.7. The van der Waals surface area contributed by atoms with Gasteiger partial charge in [-0.2, -0.15) is 0 Å². The molecular formula is C19H30N2O2. The third-order valence-corrected chi connectivity index (χ3v) is 4.33. The molecule has 1 heterocycles. The molecule has 2 N–H and O–H groups in total. The Kier molecular flexibility index (Phi) is 5.69. The summed E-state index contributed by atoms with van der Waals surface area (Å²) in [4.78, 5) is 14.7. The number of hydrogen-bond acceptors (Lipinski definition) is 3. The fraction of sp³-hybridized carbons (Fsp3) is 0.632. The van der Waals surface area contributed by atoms with Crippen molar-refractivity contribution in [1.29, 1.82) is 0 Å². The number of nitrogens with zero attached hydrogens (tertiary/aromatic N) is 1. The Morgan fingerprint density at radius 3 is 2.39 bits per heavy atom. The van der Waals surface area contributed by atoms with E-state index in [-0.39, 0.29) is 24.2 Å². The Bertz CT molecular complexity index is 510. The third kappa shape index (κ3) is 4.96. The van der Waals surface area contributed by atoms with Gasteiger partial charge >= 0.3 is 6.09 Å². The molecule has 0 bridgehead atoms. The number of piperidine rings is 1. The van der Waals surface area contributed by atoms with Gasteiger partial charge in [-0.1, -0.05) is 37.3 Å². The quantitative estimate of drug-likeness (QED) is 0.924. The van der Waals surface area contributed by atoms with Crippen LogP contribution in [0.4, 0.5) is 4.79 Å². The lowest BCUT2D eigenvalue weighted by Gasteiger charge is -2.44. The van der Waals surface area contributed by atoms with Gasteiger partial charge in [-0.25, -0.2) is 4.79 Å². The molecule has 3 atom stereocenters. The molecule has 2 rings (SSSR count). The Hall–Kier alpha value is -1.55. The van der Waals surface area contributed by atoms with Crippen molar-refractivity contribution in [2.24, 2.45) is 5.73 Å². The summed E-state index contributed by atoms with van der Waals surface area (Å²) in [5.41, 5.74) is 7.01. The summed E-state index contributed by atoms with van der Waals surface area (Å²) in [7, 11) is 0. The summed E-state index contributed by atoms with van der Waals surface area (Å²) in [5.74, 6) is 0. The molecule has 0 radical (unpaired) electrons. The van der Waals surface area contributed by atoms with E-state index in [1.54, 1.807) is 0 Å². The lowest BCUT2D eigenvalue weighted by molar-refractivity contribution is -0.00835. The maximum atomic E-state index is 12.8. The first-order chi connectivity index (χ1) is 10.8. The molecule has 0 aromatic heterocycles. The fourth-order valence-electron chi connectivity index (χ4n) is 3.36. The highest BCUT2D eigenvalue weighted by Gasteiger charge is 2.38. The molecule has 0 spiro atoms. The minimum atomic E-state index is -0.480. The lowest BCUT2D eigenvalue weighted by atomic mass is 9.87. The molecule has 1 saturated heterocycles. The number of ether oxygens (including phenoxy) is 1. The SMILES string of the molecule is CCC1CC(N)CC(Cc2ccccc2)N1C(=O)OC(C)(C)C. The molecule has 1 aliphatic heterocycles. The van der Waals surface area contributed by atoms with Crippen LogP contribution in [0.1, 0.15) is 52.5 Å². The van der Waals surface area contributed by atoms with Crippen LogP contribution in [0.5, 0.6) is 0 Å². The van der Waals surface area contributed by atoms with Gasteiger partial charge in [0.05, 0.1) is 0 Å². The first kappa shape index (κ1) is 17.8. The smallest absolute Gasteiger partial charge is 0.410 e. The van der Waals surface area contributed by atoms with Gasteiger partial charge in [-0.05, 0) is 52.0 Å². The van der Waals surface area contributed by atoms with Gasteiger partial charge in [0.15, 0.2) is 0 Å². The van der Waals surface area contributed by atoms with Gasteiger partial charge in [-0.3, -0.25) is 0 Å². The van der Waals surface area contributed by atoms with Crippen molar-refractivity contribution < 1.29 is 9.53 Å². The van der Waals surface area contributed by atoms with Gasteiger partial charge in [0.25, 0.3) is 0 Å². The summed E-state index contributed by atoms with van der Waals surface area (Å²) in [6.07, 6.45) is 3.19. The summed E-state index contributed by atoms with van der Waals surface area (Å²) >= 11 is 0. The van der Waals surface area contributed by atoms with Crippen molar-refractivity contribution in [3.8, 4) is 0 Å². The van der Waals surface area contributed by atoms with Crippen LogP contribution in [0, 0.1) is 0 Å². The Balaban J connectivity index is 2.21. The number of hydrogen-bond donors (Lipinski definition) is 1. The highest BCUT2D eigenvalue weighted by atomic mass is 16.6. The van der Waals surface area contributed by atoms with E-state index in [1.165, 1.54) is 5.56 Å². The van der Waals surface area contributed by atoms with Gasteiger partial charge in [-0.15, -0.1) is 0 Å². The molecule has 1 aromatic carbocycles. The number of nitrogens with two attached hydrogens (primary N) is 1. The zero-order valence-electron chi connectivity index (χ0n) is 14.8. The van der Waals surface area contributed by atoms with E-state index >= 15 is 0 Å². The number of carbonyl (C=O) groups excluding carboxylic acids is 1. The molecule has 0 saturated carbocycles. The van der Waals surface area contributed by atoms with Crippen molar-refractivity contribution in [2.75, 3.05) is 0 Å². The summed E-state index contributed by atoms with van der Waals surface area (Å²) in [5, 5.41) is 0. The number of carbonyl (C=O) groups is 1. The molecule has 0 aliphatic carbocycles. The molecule has 4 heteroatoms. The molecule has 128 valence electrons. The van der Waals surface area contributed by atoms with Gasteiger partial charge in [0, 0.05) is 18.1 Å². The standard InChI is InChI=1S/C19H30N2O2/c1-5-16-12-15(20)13-17(11-14-9-7-6-8-10-14)21(16)18(22)23-19(2,3)4/h6-10,15-17H,5,11-13,20H2,1-4H3. The van der Waals surface area contributed by atoms with Crippen LogP contribution in [-0.2, 0) is 11.2 Å². The largest absolute Gasteiger partial charge is 0.444 e. The fourth-order valence-corrected chi connectivity index (χ4v) is 3.36. The van der Waals surface area contributed by atoms with E-state index < -0.39 is 5.60 Å². The van der Waals surface area contributed by atoms with Crippen LogP contribution in [-0.4, -0.2) is 34.7 Å². The zero-order chi connectivity index (χ0) is 17.0. The van der Waals surface area contributed by atoms with Crippen molar-refractivity contribution in [2.45, 2.75) is 77.1 Å². The van der Waals surface area contributed by atoms with E-state index in [0.29, 0.717) is 0 Å². The van der Waals surface area contributed by atoms with Crippen LogP contribution in [0.15, 0.2) is 30.3 Å². The predicted molar refractivity (Wildman–Crippen MR) is 93.3 cm³/mol. The number of amides is 1. The van der Waals surface area contributed by atoms with Crippen LogP contribution in [0.25, 0.3) is 0 Å². The first-order valence-electron chi connectivity index (χ1n) is 8.61. The van der Waals surface area contributed by atoms with Crippen molar-refractivity contribution in [3.05, 3.63) is 35.9 Å². The van der Waals surface area contributed by atoms with Crippen molar-refractivity contribution in [3.63, 3.8) is 0 Å². The highest BCUT2D eigenvalue weighted by Crippen LogP contribution is 2.28. The highest BCUT2D eigenvalue weighted by molar-refractivity contribution is 5.69. The zero-order valence-corrected chi connectivity index (χ0v) is 14.8. The molecular weight excluding hydrogens is 288 g/mol. The Morgan fingerprint density at radius 1 is 1.22 bits per heavy atom. The van der Waals surface area contributed by atoms with E-state index in [2.05, 4.69) is 19.1 Å². The van der Waals surface area contributed by atoms with E-state index in [4.69, 9.17) is 10.5 Å². The first-order valence-corrected chi connectivity index (χ1v) is 8.61. The molecule has 1 aromatic rings. The Morgan fingerprint density at radius 2 is 1.83 bits per heavy atom. The average Bonchev–Trinajstić information content (AvgIpc) is 2.45.